The molecule has 0 spiro atoms. The number of ether oxygens (including phenoxy) is 1. The highest BCUT2D eigenvalue weighted by molar-refractivity contribution is 7.71. The summed E-state index contributed by atoms with van der Waals surface area (Å²) in [5, 5.41) is 4.69. The molecule has 0 saturated heterocycles. The minimum atomic E-state index is -0.219. The first kappa shape index (κ1) is 18.3. The second-order valence-corrected chi connectivity index (χ2v) is 6.65. The van der Waals surface area contributed by atoms with Gasteiger partial charge in [-0.3, -0.25) is 0 Å². The van der Waals surface area contributed by atoms with E-state index >= 15 is 0 Å². The highest BCUT2D eigenvalue weighted by atomic mass is 32.1. The van der Waals surface area contributed by atoms with Crippen molar-refractivity contribution in [3.8, 4) is 17.1 Å². The number of quaternary nitrogens is 1. The normalized spacial score (nSPS) is 12.2. The molecule has 26 heavy (non-hydrogen) atoms. The van der Waals surface area contributed by atoms with Gasteiger partial charge in [0.2, 0.25) is 4.77 Å². The summed E-state index contributed by atoms with van der Waals surface area (Å²) in [4.78, 5) is 1.15. The van der Waals surface area contributed by atoms with Crippen LogP contribution in [0.1, 0.15) is 5.56 Å². The molecule has 0 fully saturated rings. The van der Waals surface area contributed by atoms with Crippen LogP contribution in [-0.2, 0) is 20.3 Å². The van der Waals surface area contributed by atoms with Crippen molar-refractivity contribution in [3.05, 3.63) is 64.7 Å². The number of hydrogen-bond donors (Lipinski definition) is 1. The van der Waals surface area contributed by atoms with Crippen molar-refractivity contribution in [1.29, 1.82) is 0 Å². The van der Waals surface area contributed by atoms with Crippen LogP contribution in [0.5, 0.6) is 5.75 Å². The third-order valence-corrected chi connectivity index (χ3v) is 4.69. The van der Waals surface area contributed by atoms with E-state index in [2.05, 4.69) is 5.10 Å². The number of rotatable bonds is 6. The monoisotopic (exact) mass is 373 g/mol. The van der Waals surface area contributed by atoms with Crippen LogP contribution < -0.4 is 9.64 Å². The lowest BCUT2D eigenvalue weighted by molar-refractivity contribution is -0.917. The van der Waals surface area contributed by atoms with Gasteiger partial charge in [-0.1, -0.05) is 24.3 Å². The lowest BCUT2D eigenvalue weighted by Crippen LogP contribution is -3.07. The maximum absolute atomic E-state index is 13.4. The summed E-state index contributed by atoms with van der Waals surface area (Å²) in [5.74, 6) is 1.29. The molecule has 0 amide bonds. The molecule has 1 N–H and O–H groups in total. The number of aromatic nitrogens is 3. The largest absolute Gasteiger partial charge is 0.496 e. The van der Waals surface area contributed by atoms with Gasteiger partial charge in [0.15, 0.2) is 12.5 Å². The summed E-state index contributed by atoms with van der Waals surface area (Å²) < 4.78 is 23.1. The standard InChI is InChI=1S/C19H21FN4OS/c1-22(12-14-7-6-8-15(20)11-14)13-24-19(26)23(2)18(21-24)16-9-4-5-10-17(16)25-3/h4-11H,12-13H2,1-3H3/p+1. The summed E-state index contributed by atoms with van der Waals surface area (Å²) in [5.41, 5.74) is 1.83. The first-order valence-corrected chi connectivity index (χ1v) is 8.73. The Morgan fingerprint density at radius 3 is 2.69 bits per heavy atom. The molecule has 2 aromatic carbocycles. The summed E-state index contributed by atoms with van der Waals surface area (Å²) in [6, 6.07) is 14.4. The van der Waals surface area contributed by atoms with Crippen molar-refractivity contribution in [3.63, 3.8) is 0 Å². The van der Waals surface area contributed by atoms with Crippen LogP contribution in [0.3, 0.4) is 0 Å². The molecule has 1 unspecified atom stereocenters. The maximum Gasteiger partial charge on any atom is 0.202 e. The molecule has 0 aliphatic carbocycles. The minimum absolute atomic E-state index is 0.219. The second kappa shape index (κ2) is 7.80. The SMILES string of the molecule is COc1ccccc1-c1nn(C[NH+](C)Cc2cccc(F)c2)c(=S)n1C. The molecular formula is C19H22FN4OS+. The van der Waals surface area contributed by atoms with Gasteiger partial charge in [0.25, 0.3) is 0 Å². The molecular weight excluding hydrogens is 351 g/mol. The van der Waals surface area contributed by atoms with Crippen molar-refractivity contribution in [2.75, 3.05) is 14.2 Å². The van der Waals surface area contributed by atoms with Gasteiger partial charge in [0.1, 0.15) is 18.1 Å². The first-order chi connectivity index (χ1) is 12.5. The number of hydrogen-bond acceptors (Lipinski definition) is 3. The van der Waals surface area contributed by atoms with Gasteiger partial charge < -0.3 is 14.2 Å². The number of para-hydroxylation sites is 1. The quantitative estimate of drug-likeness (QED) is 0.675. The Kier molecular flexibility index (Phi) is 5.49. The zero-order chi connectivity index (χ0) is 18.7. The first-order valence-electron chi connectivity index (χ1n) is 8.32. The van der Waals surface area contributed by atoms with Gasteiger partial charge in [0, 0.05) is 12.6 Å². The number of nitrogens with one attached hydrogen (secondary N) is 1. The highest BCUT2D eigenvalue weighted by Crippen LogP contribution is 2.27. The van der Waals surface area contributed by atoms with E-state index in [1.807, 2.05) is 49.0 Å². The van der Waals surface area contributed by atoms with E-state index in [1.165, 1.54) is 6.07 Å². The molecule has 1 heterocycles. The van der Waals surface area contributed by atoms with Crippen molar-refractivity contribution < 1.29 is 14.0 Å². The van der Waals surface area contributed by atoms with Crippen LogP contribution >= 0.6 is 12.2 Å². The van der Waals surface area contributed by atoms with E-state index in [0.717, 1.165) is 27.6 Å². The molecule has 0 bridgehead atoms. The molecule has 5 nitrogen and oxygen atoms in total. The van der Waals surface area contributed by atoms with Gasteiger partial charge in [-0.25, -0.2) is 4.39 Å². The summed E-state index contributed by atoms with van der Waals surface area (Å²) >= 11 is 5.55. The zero-order valence-corrected chi connectivity index (χ0v) is 15.9. The molecule has 0 radical (unpaired) electrons. The van der Waals surface area contributed by atoms with E-state index in [9.17, 15) is 4.39 Å². The molecule has 3 rings (SSSR count). The third-order valence-electron chi connectivity index (χ3n) is 4.20. The predicted molar refractivity (Wildman–Crippen MR) is 101 cm³/mol. The van der Waals surface area contributed by atoms with E-state index in [0.29, 0.717) is 18.0 Å². The van der Waals surface area contributed by atoms with E-state index < -0.39 is 0 Å². The summed E-state index contributed by atoms with van der Waals surface area (Å²) in [7, 11) is 5.57. The van der Waals surface area contributed by atoms with Crippen molar-refractivity contribution >= 4 is 12.2 Å². The maximum atomic E-state index is 13.4. The van der Waals surface area contributed by atoms with Crippen LogP contribution in [0.15, 0.2) is 48.5 Å². The smallest absolute Gasteiger partial charge is 0.202 e. The van der Waals surface area contributed by atoms with Gasteiger partial charge in [-0.05, 0) is 36.5 Å². The topological polar surface area (TPSA) is 36.4 Å². The average Bonchev–Trinajstić information content (AvgIpc) is 2.90. The molecule has 3 aromatic rings. The van der Waals surface area contributed by atoms with Gasteiger partial charge in [-0.2, -0.15) is 4.68 Å². The summed E-state index contributed by atoms with van der Waals surface area (Å²) in [6.45, 7) is 1.26. The Morgan fingerprint density at radius 2 is 1.96 bits per heavy atom. The number of halogens is 1. The fourth-order valence-electron chi connectivity index (χ4n) is 2.96. The number of benzene rings is 2. The molecule has 1 aromatic heterocycles. The van der Waals surface area contributed by atoms with Crippen LogP contribution in [0, 0.1) is 10.6 Å². The minimum Gasteiger partial charge on any atom is -0.496 e. The Hall–Kier alpha value is -2.51. The van der Waals surface area contributed by atoms with Crippen LogP contribution in [0.2, 0.25) is 0 Å². The fourth-order valence-corrected chi connectivity index (χ4v) is 3.15. The Labute approximate surface area is 157 Å². The molecule has 136 valence electrons. The number of methoxy groups -OCH3 is 1. The molecule has 0 saturated carbocycles. The van der Waals surface area contributed by atoms with Crippen LogP contribution in [0.25, 0.3) is 11.4 Å². The van der Waals surface area contributed by atoms with Crippen LogP contribution in [0.4, 0.5) is 4.39 Å². The summed E-state index contributed by atoms with van der Waals surface area (Å²) in [6.07, 6.45) is 0. The van der Waals surface area contributed by atoms with Crippen molar-refractivity contribution in [2.45, 2.75) is 13.2 Å². The highest BCUT2D eigenvalue weighted by Gasteiger charge is 2.16. The van der Waals surface area contributed by atoms with Gasteiger partial charge in [-0.15, -0.1) is 5.10 Å². The lowest BCUT2D eigenvalue weighted by atomic mass is 10.2. The van der Waals surface area contributed by atoms with E-state index in [1.54, 1.807) is 23.9 Å². The van der Waals surface area contributed by atoms with Crippen molar-refractivity contribution in [1.82, 2.24) is 14.3 Å². The molecule has 1 atom stereocenters. The van der Waals surface area contributed by atoms with Gasteiger partial charge in [0.05, 0.1) is 19.7 Å². The second-order valence-electron chi connectivity index (χ2n) is 6.29. The zero-order valence-electron chi connectivity index (χ0n) is 15.1. The molecule has 0 aliphatic heterocycles. The van der Waals surface area contributed by atoms with E-state index in [4.69, 9.17) is 17.0 Å². The molecule has 7 heteroatoms. The van der Waals surface area contributed by atoms with E-state index in [-0.39, 0.29) is 5.82 Å². The third kappa shape index (κ3) is 3.84. The fraction of sp³-hybridized carbons (Fsp3) is 0.263. The average molecular weight is 373 g/mol. The Morgan fingerprint density at radius 1 is 1.19 bits per heavy atom. The van der Waals surface area contributed by atoms with Crippen LogP contribution in [-0.4, -0.2) is 28.5 Å². The van der Waals surface area contributed by atoms with Gasteiger partial charge >= 0.3 is 0 Å². The number of nitrogens with zero attached hydrogens (tertiary/aromatic N) is 3. The Balaban J connectivity index is 1.84. The predicted octanol–water partition coefficient (Wildman–Crippen LogP) is 2.44. The lowest BCUT2D eigenvalue weighted by Gasteiger charge is -2.13. The molecule has 0 aliphatic rings. The Bertz CT molecular complexity index is 966. The van der Waals surface area contributed by atoms with Crippen molar-refractivity contribution in [2.24, 2.45) is 7.05 Å².